The molecule has 1 saturated heterocycles. The van der Waals surface area contributed by atoms with Crippen LogP contribution in [0.5, 0.6) is 5.75 Å². The number of nitrogens with zero attached hydrogens (tertiary/aromatic N) is 1. The Morgan fingerprint density at radius 3 is 2.89 bits per heavy atom. The van der Waals surface area contributed by atoms with Crippen molar-refractivity contribution < 1.29 is 23.0 Å². The molecule has 2 N–H and O–H groups in total. The zero-order valence-electron chi connectivity index (χ0n) is 15.8. The highest BCUT2D eigenvalue weighted by atomic mass is 127. The van der Waals surface area contributed by atoms with E-state index in [1.165, 1.54) is 12.1 Å². The molecule has 0 radical (unpaired) electrons. The summed E-state index contributed by atoms with van der Waals surface area (Å²) in [6.45, 7) is 2.33. The molecule has 0 spiro atoms. The van der Waals surface area contributed by atoms with E-state index in [1.807, 2.05) is 6.92 Å². The molecule has 0 amide bonds. The molecule has 10 heteroatoms. The number of alkyl halides is 2. The number of hydrogen-bond donors (Lipinski definition) is 2. The van der Waals surface area contributed by atoms with Gasteiger partial charge < -0.3 is 24.8 Å². The SMILES string of the molecule is CCNC(=NCc1cc(Cl)ccc1OC(F)F)NCCOCC1CCCO1.I. The second kappa shape index (κ2) is 14.1. The lowest BCUT2D eigenvalue weighted by Gasteiger charge is -2.14. The first kappa shape index (κ1) is 25.1. The lowest BCUT2D eigenvalue weighted by atomic mass is 10.2. The zero-order chi connectivity index (χ0) is 19.5. The van der Waals surface area contributed by atoms with Gasteiger partial charge in [-0.3, -0.25) is 0 Å². The van der Waals surface area contributed by atoms with Gasteiger partial charge in [0.2, 0.25) is 0 Å². The molecular formula is C18H27ClF2IN3O3. The maximum absolute atomic E-state index is 12.5. The highest BCUT2D eigenvalue weighted by Crippen LogP contribution is 2.25. The summed E-state index contributed by atoms with van der Waals surface area (Å²) in [6, 6.07) is 4.48. The van der Waals surface area contributed by atoms with Crippen LogP contribution >= 0.6 is 35.6 Å². The molecule has 1 aliphatic rings. The standard InChI is InChI=1S/C18H26ClF2N3O3.HI/c1-2-22-18(23-7-9-25-12-15-4-3-8-26-15)24-11-13-10-14(19)5-6-16(13)27-17(20)21;/h5-6,10,15,17H,2-4,7-9,11-12H2,1H3,(H2,22,23,24);1H. The fraction of sp³-hybridized carbons (Fsp3) is 0.611. The van der Waals surface area contributed by atoms with Crippen LogP contribution < -0.4 is 15.4 Å². The lowest BCUT2D eigenvalue weighted by Crippen LogP contribution is -2.39. The van der Waals surface area contributed by atoms with Crippen molar-refractivity contribution in [2.24, 2.45) is 4.99 Å². The van der Waals surface area contributed by atoms with E-state index in [9.17, 15) is 8.78 Å². The molecule has 1 atom stereocenters. The Labute approximate surface area is 186 Å². The third-order valence-electron chi connectivity index (χ3n) is 3.86. The van der Waals surface area contributed by atoms with Crippen LogP contribution in [0.4, 0.5) is 8.78 Å². The molecule has 28 heavy (non-hydrogen) atoms. The summed E-state index contributed by atoms with van der Waals surface area (Å²) < 4.78 is 40.7. The number of halogens is 4. The minimum atomic E-state index is -2.90. The second-order valence-electron chi connectivity index (χ2n) is 5.96. The summed E-state index contributed by atoms with van der Waals surface area (Å²) >= 11 is 5.95. The van der Waals surface area contributed by atoms with Crippen LogP contribution in [0.3, 0.4) is 0 Å². The second-order valence-corrected chi connectivity index (χ2v) is 6.40. The van der Waals surface area contributed by atoms with Crippen molar-refractivity contribution in [1.82, 2.24) is 10.6 Å². The molecule has 6 nitrogen and oxygen atoms in total. The first-order valence-corrected chi connectivity index (χ1v) is 9.41. The molecule has 1 aromatic carbocycles. The Balaban J connectivity index is 0.00000392. The normalized spacial score (nSPS) is 16.8. The molecule has 1 aliphatic heterocycles. The number of hydrogen-bond acceptors (Lipinski definition) is 4. The predicted molar refractivity (Wildman–Crippen MR) is 116 cm³/mol. The molecule has 1 heterocycles. The smallest absolute Gasteiger partial charge is 0.387 e. The van der Waals surface area contributed by atoms with Crippen molar-refractivity contribution in [3.8, 4) is 5.75 Å². The Morgan fingerprint density at radius 1 is 1.39 bits per heavy atom. The number of rotatable bonds is 10. The Hall–Kier alpha value is -0.910. The first-order chi connectivity index (χ1) is 13.1. The summed E-state index contributed by atoms with van der Waals surface area (Å²) in [5.41, 5.74) is 0.481. The van der Waals surface area contributed by atoms with Gasteiger partial charge in [0.25, 0.3) is 0 Å². The van der Waals surface area contributed by atoms with Crippen LogP contribution in [0.15, 0.2) is 23.2 Å². The average molecular weight is 534 g/mol. The molecule has 0 bridgehead atoms. The van der Waals surface area contributed by atoms with Crippen LogP contribution in [0.1, 0.15) is 25.3 Å². The van der Waals surface area contributed by atoms with Crippen molar-refractivity contribution >= 4 is 41.5 Å². The number of benzene rings is 1. The number of aliphatic imine (C=N–C) groups is 1. The topological polar surface area (TPSA) is 64.1 Å². The van der Waals surface area contributed by atoms with Gasteiger partial charge in [0.1, 0.15) is 5.75 Å². The largest absolute Gasteiger partial charge is 0.434 e. The maximum Gasteiger partial charge on any atom is 0.387 e. The van der Waals surface area contributed by atoms with Crippen LogP contribution in [0, 0.1) is 0 Å². The number of guanidine groups is 1. The van der Waals surface area contributed by atoms with Crippen LogP contribution in [-0.4, -0.2) is 51.6 Å². The summed E-state index contributed by atoms with van der Waals surface area (Å²) in [5, 5.41) is 6.67. The Morgan fingerprint density at radius 2 is 2.21 bits per heavy atom. The van der Waals surface area contributed by atoms with Crippen LogP contribution in [0.25, 0.3) is 0 Å². The van der Waals surface area contributed by atoms with E-state index in [4.69, 9.17) is 21.1 Å². The van der Waals surface area contributed by atoms with E-state index >= 15 is 0 Å². The average Bonchev–Trinajstić information content (AvgIpc) is 3.14. The third-order valence-corrected chi connectivity index (χ3v) is 4.09. The van der Waals surface area contributed by atoms with Gasteiger partial charge in [0.15, 0.2) is 5.96 Å². The molecule has 1 aromatic rings. The van der Waals surface area contributed by atoms with Crippen LogP contribution in [0.2, 0.25) is 5.02 Å². The van der Waals surface area contributed by atoms with Crippen molar-refractivity contribution in [2.45, 2.75) is 39.0 Å². The van der Waals surface area contributed by atoms with Gasteiger partial charge in [0, 0.05) is 30.3 Å². The number of ether oxygens (including phenoxy) is 3. The quantitative estimate of drug-likeness (QED) is 0.207. The van der Waals surface area contributed by atoms with E-state index in [1.54, 1.807) is 6.07 Å². The van der Waals surface area contributed by atoms with E-state index in [0.717, 1.165) is 19.4 Å². The fourth-order valence-corrected chi connectivity index (χ4v) is 2.82. The highest BCUT2D eigenvalue weighted by Gasteiger charge is 2.15. The lowest BCUT2D eigenvalue weighted by molar-refractivity contribution is -0.0504. The molecule has 160 valence electrons. The monoisotopic (exact) mass is 533 g/mol. The van der Waals surface area contributed by atoms with E-state index in [0.29, 0.717) is 42.8 Å². The fourth-order valence-electron chi connectivity index (χ4n) is 2.62. The van der Waals surface area contributed by atoms with Gasteiger partial charge in [-0.05, 0) is 38.0 Å². The molecule has 1 fully saturated rings. The van der Waals surface area contributed by atoms with E-state index < -0.39 is 6.61 Å². The molecule has 1 unspecified atom stereocenters. The summed E-state index contributed by atoms with van der Waals surface area (Å²) in [6.07, 6.45) is 2.33. The summed E-state index contributed by atoms with van der Waals surface area (Å²) in [5.74, 6) is 0.620. The molecule has 0 aliphatic carbocycles. The van der Waals surface area contributed by atoms with Gasteiger partial charge in [-0.2, -0.15) is 8.78 Å². The van der Waals surface area contributed by atoms with Gasteiger partial charge in [0.05, 0.1) is 25.9 Å². The van der Waals surface area contributed by atoms with Crippen molar-refractivity contribution in [1.29, 1.82) is 0 Å². The molecule has 0 saturated carbocycles. The molecular weight excluding hydrogens is 507 g/mol. The summed E-state index contributed by atoms with van der Waals surface area (Å²) in [4.78, 5) is 4.40. The van der Waals surface area contributed by atoms with Crippen molar-refractivity contribution in [2.75, 3.05) is 32.9 Å². The first-order valence-electron chi connectivity index (χ1n) is 9.03. The van der Waals surface area contributed by atoms with Gasteiger partial charge in [-0.25, -0.2) is 4.99 Å². The maximum atomic E-state index is 12.5. The van der Waals surface area contributed by atoms with E-state index in [2.05, 4.69) is 20.4 Å². The van der Waals surface area contributed by atoms with Gasteiger partial charge in [-0.1, -0.05) is 11.6 Å². The van der Waals surface area contributed by atoms with Crippen molar-refractivity contribution in [3.63, 3.8) is 0 Å². The minimum absolute atomic E-state index is 0. The summed E-state index contributed by atoms with van der Waals surface area (Å²) in [7, 11) is 0. The predicted octanol–water partition coefficient (Wildman–Crippen LogP) is 3.81. The van der Waals surface area contributed by atoms with Gasteiger partial charge in [-0.15, -0.1) is 24.0 Å². The molecule has 0 aromatic heterocycles. The van der Waals surface area contributed by atoms with Gasteiger partial charge >= 0.3 is 6.61 Å². The molecule has 2 rings (SSSR count). The Kier molecular flexibility index (Phi) is 12.7. The minimum Gasteiger partial charge on any atom is -0.434 e. The Bertz CT molecular complexity index is 605. The van der Waals surface area contributed by atoms with Crippen molar-refractivity contribution in [3.05, 3.63) is 28.8 Å². The number of nitrogens with one attached hydrogen (secondary N) is 2. The van der Waals surface area contributed by atoms with Crippen LogP contribution in [-0.2, 0) is 16.0 Å². The van der Waals surface area contributed by atoms with E-state index in [-0.39, 0.29) is 42.4 Å². The highest BCUT2D eigenvalue weighted by molar-refractivity contribution is 14.0. The zero-order valence-corrected chi connectivity index (χ0v) is 18.8. The third kappa shape index (κ3) is 9.53.